The van der Waals surface area contributed by atoms with Gasteiger partial charge in [-0.2, -0.15) is 0 Å². The minimum atomic E-state index is 1.02. The van der Waals surface area contributed by atoms with Crippen molar-refractivity contribution < 1.29 is 0 Å². The molecule has 1 saturated heterocycles. The van der Waals surface area contributed by atoms with Crippen molar-refractivity contribution in [2.45, 2.75) is 6.54 Å². The molecule has 3 aromatic rings. The zero-order valence-electron chi connectivity index (χ0n) is 12.4. The average Bonchev–Trinajstić information content (AvgIpc) is 3.05. The van der Waals surface area contributed by atoms with Gasteiger partial charge in [0.05, 0.1) is 10.2 Å². The number of fused-ring (bicyclic) bond motifs is 1. The second kappa shape index (κ2) is 6.02. The fraction of sp³-hybridized carbons (Fsp3) is 0.294. The van der Waals surface area contributed by atoms with E-state index in [9.17, 15) is 0 Å². The maximum atomic E-state index is 4.52. The van der Waals surface area contributed by atoms with Crippen LogP contribution < -0.4 is 4.90 Å². The largest absolute Gasteiger partial charge is 0.353 e. The van der Waals surface area contributed by atoms with E-state index in [1.165, 1.54) is 10.3 Å². The Labute approximate surface area is 134 Å². The predicted molar refractivity (Wildman–Crippen MR) is 91.3 cm³/mol. The van der Waals surface area contributed by atoms with E-state index in [2.05, 4.69) is 61.5 Å². The van der Waals surface area contributed by atoms with Crippen molar-refractivity contribution in [2.24, 2.45) is 0 Å². The van der Waals surface area contributed by atoms with Crippen molar-refractivity contribution in [1.82, 2.24) is 14.9 Å². The summed E-state index contributed by atoms with van der Waals surface area (Å²) in [4.78, 5) is 13.8. The van der Waals surface area contributed by atoms with Crippen LogP contribution >= 0.6 is 11.3 Å². The first-order chi connectivity index (χ1) is 10.9. The summed E-state index contributed by atoms with van der Waals surface area (Å²) in [6.07, 6.45) is 1.68. The predicted octanol–water partition coefficient (Wildman–Crippen LogP) is 3.01. The quantitative estimate of drug-likeness (QED) is 0.744. The number of anilines is 1. The van der Waals surface area contributed by atoms with Gasteiger partial charge in [0.15, 0.2) is 0 Å². The summed E-state index contributed by atoms with van der Waals surface area (Å²) in [7, 11) is 0. The first-order valence-electron chi connectivity index (χ1n) is 7.59. The lowest BCUT2D eigenvalue weighted by molar-refractivity contribution is 0.249. The molecule has 0 spiro atoms. The number of nitrogens with zero attached hydrogens (tertiary/aromatic N) is 4. The third-order valence-electron chi connectivity index (χ3n) is 4.15. The number of aromatic nitrogens is 2. The summed E-state index contributed by atoms with van der Waals surface area (Å²) in [5.74, 6) is 1.10. The molecule has 4 rings (SSSR count). The Balaban J connectivity index is 1.45. The van der Waals surface area contributed by atoms with E-state index in [1.54, 1.807) is 17.7 Å². The molecule has 0 bridgehead atoms. The summed E-state index contributed by atoms with van der Waals surface area (Å²) in [5.41, 5.74) is 2.44. The number of hydrogen-bond acceptors (Lipinski definition) is 5. The van der Waals surface area contributed by atoms with E-state index < -0.39 is 0 Å². The SMILES string of the molecule is c1ccc(CN2CCN(c3ncnc4ccsc34)CC2)cc1. The molecule has 0 N–H and O–H groups in total. The number of thiophene rings is 1. The van der Waals surface area contributed by atoms with Crippen LogP contribution in [0.1, 0.15) is 5.56 Å². The Morgan fingerprint density at radius 1 is 0.955 bits per heavy atom. The summed E-state index contributed by atoms with van der Waals surface area (Å²) in [5, 5.41) is 2.09. The molecule has 1 fully saturated rings. The molecule has 2 aromatic heterocycles. The van der Waals surface area contributed by atoms with Gasteiger partial charge in [-0.15, -0.1) is 11.3 Å². The van der Waals surface area contributed by atoms with Crippen molar-refractivity contribution in [1.29, 1.82) is 0 Å². The maximum Gasteiger partial charge on any atom is 0.150 e. The first kappa shape index (κ1) is 13.7. The lowest BCUT2D eigenvalue weighted by Crippen LogP contribution is -2.46. The Morgan fingerprint density at radius 2 is 1.77 bits per heavy atom. The molecule has 0 atom stereocenters. The van der Waals surface area contributed by atoms with Gasteiger partial charge in [0.25, 0.3) is 0 Å². The highest BCUT2D eigenvalue weighted by Gasteiger charge is 2.20. The van der Waals surface area contributed by atoms with Crippen molar-refractivity contribution >= 4 is 27.4 Å². The molecule has 22 heavy (non-hydrogen) atoms. The number of benzene rings is 1. The van der Waals surface area contributed by atoms with Crippen LogP contribution in [0.25, 0.3) is 10.2 Å². The minimum Gasteiger partial charge on any atom is -0.353 e. The highest BCUT2D eigenvalue weighted by molar-refractivity contribution is 7.17. The van der Waals surface area contributed by atoms with E-state index in [0.717, 1.165) is 44.1 Å². The molecule has 1 aliphatic rings. The molecule has 0 radical (unpaired) electrons. The minimum absolute atomic E-state index is 1.02. The van der Waals surface area contributed by atoms with Gasteiger partial charge >= 0.3 is 0 Å². The Hall–Kier alpha value is -1.98. The molecule has 112 valence electrons. The van der Waals surface area contributed by atoms with Gasteiger partial charge in [-0.3, -0.25) is 4.90 Å². The average molecular weight is 310 g/mol. The Bertz CT molecular complexity index is 747. The second-order valence-electron chi connectivity index (χ2n) is 5.58. The fourth-order valence-corrected chi connectivity index (χ4v) is 3.82. The number of piperazine rings is 1. The van der Waals surface area contributed by atoms with Gasteiger partial charge in [-0.05, 0) is 17.0 Å². The van der Waals surface area contributed by atoms with Crippen molar-refractivity contribution in [3.8, 4) is 0 Å². The van der Waals surface area contributed by atoms with E-state index in [-0.39, 0.29) is 0 Å². The fourth-order valence-electron chi connectivity index (χ4n) is 2.96. The Kier molecular flexibility index (Phi) is 3.74. The van der Waals surface area contributed by atoms with Crippen LogP contribution in [0.3, 0.4) is 0 Å². The summed E-state index contributed by atoms with van der Waals surface area (Å²) < 4.78 is 1.21. The van der Waals surface area contributed by atoms with Gasteiger partial charge in [-0.1, -0.05) is 30.3 Å². The topological polar surface area (TPSA) is 32.3 Å². The number of hydrogen-bond donors (Lipinski definition) is 0. The van der Waals surface area contributed by atoms with Gasteiger partial charge in [0.2, 0.25) is 0 Å². The van der Waals surface area contributed by atoms with Crippen LogP contribution in [-0.2, 0) is 6.54 Å². The molecule has 5 heteroatoms. The van der Waals surface area contributed by atoms with Gasteiger partial charge in [0.1, 0.15) is 12.1 Å². The van der Waals surface area contributed by atoms with E-state index in [0.29, 0.717) is 0 Å². The monoisotopic (exact) mass is 310 g/mol. The molecular weight excluding hydrogens is 292 g/mol. The third-order valence-corrected chi connectivity index (χ3v) is 5.04. The lowest BCUT2D eigenvalue weighted by atomic mass is 10.2. The molecule has 3 heterocycles. The highest BCUT2D eigenvalue weighted by Crippen LogP contribution is 2.28. The summed E-state index contributed by atoms with van der Waals surface area (Å²) >= 11 is 1.73. The summed E-state index contributed by atoms with van der Waals surface area (Å²) in [6.45, 7) is 5.23. The smallest absolute Gasteiger partial charge is 0.150 e. The molecule has 1 aromatic carbocycles. The molecule has 0 unspecified atom stereocenters. The molecule has 0 saturated carbocycles. The van der Waals surface area contributed by atoms with Crippen molar-refractivity contribution in [3.05, 3.63) is 53.7 Å². The van der Waals surface area contributed by atoms with Crippen molar-refractivity contribution in [3.63, 3.8) is 0 Å². The molecule has 0 amide bonds. The number of rotatable bonds is 3. The van der Waals surface area contributed by atoms with E-state index >= 15 is 0 Å². The van der Waals surface area contributed by atoms with E-state index in [1.807, 2.05) is 0 Å². The Morgan fingerprint density at radius 3 is 2.59 bits per heavy atom. The maximum absolute atomic E-state index is 4.52. The lowest BCUT2D eigenvalue weighted by Gasteiger charge is -2.35. The van der Waals surface area contributed by atoms with E-state index in [4.69, 9.17) is 0 Å². The van der Waals surface area contributed by atoms with Gasteiger partial charge < -0.3 is 4.90 Å². The molecular formula is C17H18N4S. The van der Waals surface area contributed by atoms with Crippen LogP contribution in [0.5, 0.6) is 0 Å². The summed E-state index contributed by atoms with van der Waals surface area (Å²) in [6, 6.07) is 12.8. The third kappa shape index (κ3) is 2.69. The zero-order valence-corrected chi connectivity index (χ0v) is 13.2. The van der Waals surface area contributed by atoms with Gasteiger partial charge in [0, 0.05) is 32.7 Å². The molecule has 1 aliphatic heterocycles. The van der Waals surface area contributed by atoms with Crippen LogP contribution in [0.15, 0.2) is 48.1 Å². The zero-order chi connectivity index (χ0) is 14.8. The van der Waals surface area contributed by atoms with Gasteiger partial charge in [-0.25, -0.2) is 9.97 Å². The van der Waals surface area contributed by atoms with Crippen LogP contribution in [0.4, 0.5) is 5.82 Å². The molecule has 0 aliphatic carbocycles. The van der Waals surface area contributed by atoms with Crippen LogP contribution in [0.2, 0.25) is 0 Å². The first-order valence-corrected chi connectivity index (χ1v) is 8.47. The second-order valence-corrected chi connectivity index (χ2v) is 6.50. The normalized spacial score (nSPS) is 16.3. The van der Waals surface area contributed by atoms with Crippen LogP contribution in [0, 0.1) is 0 Å². The molecule has 4 nitrogen and oxygen atoms in total. The van der Waals surface area contributed by atoms with Crippen molar-refractivity contribution in [2.75, 3.05) is 31.1 Å². The standard InChI is InChI=1S/C17H18N4S/c1-2-4-14(5-3-1)12-20-7-9-21(10-8-20)17-16-15(6-11-22-16)18-13-19-17/h1-6,11,13H,7-10,12H2. The highest BCUT2D eigenvalue weighted by atomic mass is 32.1. The van der Waals surface area contributed by atoms with Crippen LogP contribution in [-0.4, -0.2) is 41.0 Å².